The Labute approximate surface area is 227 Å². The predicted molar refractivity (Wildman–Crippen MR) is 146 cm³/mol. The first-order chi connectivity index (χ1) is 18.1. The number of hydrogen-bond donors (Lipinski definition) is 7. The number of amides is 4. The van der Waals surface area contributed by atoms with Crippen LogP contribution in [0.3, 0.4) is 0 Å². The van der Waals surface area contributed by atoms with Crippen LogP contribution < -0.4 is 33.2 Å². The van der Waals surface area contributed by atoms with Gasteiger partial charge in [0.05, 0.1) is 6.04 Å². The Morgan fingerprint density at radius 2 is 1.47 bits per heavy atom. The van der Waals surface area contributed by atoms with Crippen LogP contribution in [-0.2, 0) is 30.4 Å². The number of carboxylic acid groups (broad SMARTS) is 1. The lowest BCUT2D eigenvalue weighted by Gasteiger charge is -2.25. The molecule has 4 amide bonds. The van der Waals surface area contributed by atoms with E-state index < -0.39 is 53.8 Å². The first kappa shape index (κ1) is 32.9. The van der Waals surface area contributed by atoms with E-state index >= 15 is 0 Å². The molecular formula is C25H40N6O6S. The Hall–Kier alpha value is -3.16. The standard InChI is InChI=1S/C25H40N6O6S/c1-38-14-12-17(27)22(33)31-20(15-16-7-3-2-4-8-16)24(35)29-18(10-11-21(28)32)23(34)30-19(25(36)37)9-5-6-13-26/h2-4,7-8,17-20H,5-6,9-15,26-27H2,1H3,(H2,28,32)(H,29,35)(H,30,34)(H,31,33)(H,36,37). The lowest BCUT2D eigenvalue weighted by molar-refractivity contribution is -0.142. The summed E-state index contributed by atoms with van der Waals surface area (Å²) in [5.74, 6) is -3.23. The summed E-state index contributed by atoms with van der Waals surface area (Å²) in [5, 5.41) is 17.1. The highest BCUT2D eigenvalue weighted by Crippen LogP contribution is 2.08. The second-order valence-electron chi connectivity index (χ2n) is 8.89. The largest absolute Gasteiger partial charge is 0.480 e. The molecule has 1 aromatic carbocycles. The first-order valence-corrected chi connectivity index (χ1v) is 13.9. The first-order valence-electron chi connectivity index (χ1n) is 12.5. The van der Waals surface area contributed by atoms with E-state index in [0.717, 1.165) is 5.56 Å². The van der Waals surface area contributed by atoms with Gasteiger partial charge in [0.2, 0.25) is 23.6 Å². The number of carboxylic acids is 1. The van der Waals surface area contributed by atoms with Crippen molar-refractivity contribution in [3.8, 4) is 0 Å². The topological polar surface area (TPSA) is 220 Å². The van der Waals surface area contributed by atoms with Crippen LogP contribution in [-0.4, -0.2) is 77.4 Å². The van der Waals surface area contributed by atoms with Crippen LogP contribution in [0, 0.1) is 0 Å². The lowest BCUT2D eigenvalue weighted by Crippen LogP contribution is -2.57. The number of hydrogen-bond acceptors (Lipinski definition) is 8. The number of rotatable bonds is 19. The zero-order valence-corrected chi connectivity index (χ0v) is 22.5. The molecular weight excluding hydrogens is 512 g/mol. The summed E-state index contributed by atoms with van der Waals surface area (Å²) in [6, 6.07) is 4.61. The maximum Gasteiger partial charge on any atom is 0.326 e. The van der Waals surface area contributed by atoms with Crippen molar-refractivity contribution in [2.45, 2.75) is 69.1 Å². The summed E-state index contributed by atoms with van der Waals surface area (Å²) < 4.78 is 0. The number of nitrogens with two attached hydrogens (primary N) is 3. The van der Waals surface area contributed by atoms with Crippen LogP contribution in [0.1, 0.15) is 44.1 Å². The maximum atomic E-state index is 13.3. The molecule has 1 rings (SSSR count). The number of benzene rings is 1. The number of unbranched alkanes of at least 4 members (excludes halogenated alkanes) is 1. The molecule has 0 bridgehead atoms. The van der Waals surface area contributed by atoms with Crippen LogP contribution >= 0.6 is 11.8 Å². The normalized spacial score (nSPS) is 14.0. The van der Waals surface area contributed by atoms with Gasteiger partial charge in [0.25, 0.3) is 0 Å². The molecule has 0 spiro atoms. The van der Waals surface area contributed by atoms with Gasteiger partial charge < -0.3 is 38.3 Å². The lowest BCUT2D eigenvalue weighted by atomic mass is 10.0. The van der Waals surface area contributed by atoms with Gasteiger partial charge in [-0.2, -0.15) is 11.8 Å². The van der Waals surface area contributed by atoms with Gasteiger partial charge in [0, 0.05) is 12.8 Å². The molecule has 0 fully saturated rings. The molecule has 0 heterocycles. The highest BCUT2D eigenvalue weighted by Gasteiger charge is 2.30. The van der Waals surface area contributed by atoms with Crippen LogP contribution in [0.15, 0.2) is 30.3 Å². The number of nitrogens with one attached hydrogen (secondary N) is 3. The molecule has 0 saturated heterocycles. The van der Waals surface area contributed by atoms with E-state index in [1.54, 1.807) is 24.3 Å². The Morgan fingerprint density at radius 3 is 2.05 bits per heavy atom. The van der Waals surface area contributed by atoms with Crippen molar-refractivity contribution in [1.82, 2.24) is 16.0 Å². The molecule has 212 valence electrons. The summed E-state index contributed by atoms with van der Waals surface area (Å²) in [6.45, 7) is 0.382. The number of carbonyl (C=O) groups is 5. The third-order valence-electron chi connectivity index (χ3n) is 5.76. The van der Waals surface area contributed by atoms with Gasteiger partial charge in [-0.3, -0.25) is 19.2 Å². The van der Waals surface area contributed by atoms with E-state index in [2.05, 4.69) is 16.0 Å². The second-order valence-corrected chi connectivity index (χ2v) is 9.87. The average molecular weight is 553 g/mol. The predicted octanol–water partition coefficient (Wildman–Crippen LogP) is -0.757. The molecule has 0 aliphatic carbocycles. The van der Waals surface area contributed by atoms with Gasteiger partial charge in [0.15, 0.2) is 0 Å². The van der Waals surface area contributed by atoms with E-state index in [4.69, 9.17) is 17.2 Å². The van der Waals surface area contributed by atoms with Crippen molar-refractivity contribution in [3.63, 3.8) is 0 Å². The molecule has 0 aliphatic heterocycles. The zero-order chi connectivity index (χ0) is 28.5. The second kappa shape index (κ2) is 18.2. The fraction of sp³-hybridized carbons (Fsp3) is 0.560. The minimum absolute atomic E-state index is 0.120. The number of thioether (sulfide) groups is 1. The number of aliphatic carboxylic acids is 1. The van der Waals surface area contributed by atoms with Crippen molar-refractivity contribution < 1.29 is 29.1 Å². The Bertz CT molecular complexity index is 919. The molecule has 4 unspecified atom stereocenters. The van der Waals surface area contributed by atoms with Crippen molar-refractivity contribution in [1.29, 1.82) is 0 Å². The SMILES string of the molecule is CSCCC(N)C(=O)NC(Cc1ccccc1)C(=O)NC(CCC(N)=O)C(=O)NC(CCCCN)C(=O)O. The van der Waals surface area contributed by atoms with E-state index in [-0.39, 0.29) is 25.7 Å². The molecule has 0 radical (unpaired) electrons. The van der Waals surface area contributed by atoms with Crippen molar-refractivity contribution in [3.05, 3.63) is 35.9 Å². The summed E-state index contributed by atoms with van der Waals surface area (Å²) in [4.78, 5) is 62.0. The third-order valence-corrected chi connectivity index (χ3v) is 6.40. The van der Waals surface area contributed by atoms with Crippen LogP contribution in [0.5, 0.6) is 0 Å². The fourth-order valence-electron chi connectivity index (χ4n) is 3.56. The molecule has 10 N–H and O–H groups in total. The van der Waals surface area contributed by atoms with Crippen LogP contribution in [0.4, 0.5) is 0 Å². The minimum atomic E-state index is -1.26. The van der Waals surface area contributed by atoms with E-state index in [1.807, 2.05) is 12.3 Å². The quantitative estimate of drug-likeness (QED) is 0.107. The summed E-state index contributed by atoms with van der Waals surface area (Å²) >= 11 is 1.54. The maximum absolute atomic E-state index is 13.3. The summed E-state index contributed by atoms with van der Waals surface area (Å²) in [5.41, 5.74) is 17.4. The molecule has 12 nitrogen and oxygen atoms in total. The van der Waals surface area contributed by atoms with Gasteiger partial charge in [-0.05, 0) is 56.2 Å². The van der Waals surface area contributed by atoms with Gasteiger partial charge in [0.1, 0.15) is 18.1 Å². The monoisotopic (exact) mass is 552 g/mol. The Kier molecular flexibility index (Phi) is 15.7. The third kappa shape index (κ3) is 12.9. The molecule has 0 saturated carbocycles. The average Bonchev–Trinajstić information content (AvgIpc) is 2.88. The van der Waals surface area contributed by atoms with Gasteiger partial charge in [-0.15, -0.1) is 0 Å². The van der Waals surface area contributed by atoms with Crippen LogP contribution in [0.2, 0.25) is 0 Å². The molecule has 13 heteroatoms. The van der Waals surface area contributed by atoms with E-state index in [9.17, 15) is 29.1 Å². The molecule has 4 atom stereocenters. The zero-order valence-electron chi connectivity index (χ0n) is 21.7. The molecule has 0 aliphatic rings. The Morgan fingerprint density at radius 1 is 0.868 bits per heavy atom. The van der Waals surface area contributed by atoms with Crippen molar-refractivity contribution in [2.75, 3.05) is 18.6 Å². The highest BCUT2D eigenvalue weighted by atomic mass is 32.2. The number of carbonyl (C=O) groups excluding carboxylic acids is 4. The smallest absolute Gasteiger partial charge is 0.326 e. The molecule has 1 aromatic rings. The molecule has 38 heavy (non-hydrogen) atoms. The minimum Gasteiger partial charge on any atom is -0.480 e. The highest BCUT2D eigenvalue weighted by molar-refractivity contribution is 7.98. The molecule has 0 aromatic heterocycles. The van der Waals surface area contributed by atoms with Gasteiger partial charge >= 0.3 is 5.97 Å². The van der Waals surface area contributed by atoms with Crippen molar-refractivity contribution >= 4 is 41.4 Å². The van der Waals surface area contributed by atoms with Gasteiger partial charge in [-0.1, -0.05) is 30.3 Å². The summed E-state index contributed by atoms with van der Waals surface area (Å²) in [7, 11) is 0. The number of primary amides is 1. The van der Waals surface area contributed by atoms with Crippen molar-refractivity contribution in [2.24, 2.45) is 17.2 Å². The van der Waals surface area contributed by atoms with Gasteiger partial charge in [-0.25, -0.2) is 4.79 Å². The van der Waals surface area contributed by atoms with E-state index in [1.165, 1.54) is 11.8 Å². The van der Waals surface area contributed by atoms with E-state index in [0.29, 0.717) is 31.6 Å². The summed E-state index contributed by atoms with van der Waals surface area (Å²) in [6.07, 6.45) is 3.26. The fourth-order valence-corrected chi connectivity index (χ4v) is 4.05. The van der Waals surface area contributed by atoms with Crippen LogP contribution in [0.25, 0.3) is 0 Å². The Balaban J connectivity index is 3.08.